The zero-order valence-electron chi connectivity index (χ0n) is 18.3. The number of benzene rings is 1. The van der Waals surface area contributed by atoms with Crippen molar-refractivity contribution in [1.29, 1.82) is 5.26 Å². The van der Waals surface area contributed by atoms with Crippen LogP contribution in [0.4, 0.5) is 5.69 Å². The SMILES string of the molecule is C[C@@H]1CN(c2ccc(C#N)c3ncccc23)C[C@@H]2CN(CCc3cccc(Br)n3)CCN21. The number of nitriles is 1. The molecule has 2 aliphatic rings. The van der Waals surface area contributed by atoms with E-state index in [-0.39, 0.29) is 0 Å². The maximum Gasteiger partial charge on any atom is 0.106 e. The number of piperazine rings is 2. The molecular weight excluding hydrogens is 464 g/mol. The van der Waals surface area contributed by atoms with E-state index >= 15 is 0 Å². The summed E-state index contributed by atoms with van der Waals surface area (Å²) < 4.78 is 0.903. The number of nitrogens with zero attached hydrogens (tertiary/aromatic N) is 6. The van der Waals surface area contributed by atoms with E-state index in [4.69, 9.17) is 0 Å². The van der Waals surface area contributed by atoms with E-state index in [0.29, 0.717) is 17.6 Å². The molecule has 5 rings (SSSR count). The fourth-order valence-electron chi connectivity index (χ4n) is 5.21. The van der Waals surface area contributed by atoms with Crippen LogP contribution < -0.4 is 4.90 Å². The van der Waals surface area contributed by atoms with Crippen molar-refractivity contribution in [1.82, 2.24) is 19.8 Å². The quantitative estimate of drug-likeness (QED) is 0.519. The van der Waals surface area contributed by atoms with Crippen LogP contribution in [0.1, 0.15) is 18.2 Å². The van der Waals surface area contributed by atoms with Gasteiger partial charge < -0.3 is 9.80 Å². The maximum atomic E-state index is 9.49. The standard InChI is InChI=1S/C25H27BrN6/c1-18-15-31(23-8-7-19(14-27)25-22(23)5-3-10-28-25)17-21-16-30(12-13-32(18)21)11-9-20-4-2-6-24(26)29-20/h2-8,10,18,21H,9,11-13,15-17H2,1H3/t18-,21+/m1/s1. The van der Waals surface area contributed by atoms with Gasteiger partial charge in [0, 0.05) is 80.7 Å². The van der Waals surface area contributed by atoms with E-state index in [1.54, 1.807) is 6.20 Å². The monoisotopic (exact) mass is 490 g/mol. The van der Waals surface area contributed by atoms with E-state index < -0.39 is 0 Å². The molecule has 32 heavy (non-hydrogen) atoms. The lowest BCUT2D eigenvalue weighted by Crippen LogP contribution is -2.65. The van der Waals surface area contributed by atoms with Gasteiger partial charge in [-0.05, 0) is 59.3 Å². The average molecular weight is 491 g/mol. The van der Waals surface area contributed by atoms with Gasteiger partial charge in [0.05, 0.1) is 11.1 Å². The number of rotatable bonds is 4. The summed E-state index contributed by atoms with van der Waals surface area (Å²) in [6.07, 6.45) is 2.74. The molecule has 0 aliphatic carbocycles. The topological polar surface area (TPSA) is 59.3 Å². The first kappa shape index (κ1) is 21.3. The molecule has 0 saturated carbocycles. The molecule has 2 aliphatic heterocycles. The van der Waals surface area contributed by atoms with Gasteiger partial charge in [-0.15, -0.1) is 0 Å². The minimum absolute atomic E-state index is 0.491. The third-order valence-electron chi connectivity index (χ3n) is 6.76. The minimum Gasteiger partial charge on any atom is -0.368 e. The zero-order valence-corrected chi connectivity index (χ0v) is 19.9. The van der Waals surface area contributed by atoms with Crippen LogP contribution in [-0.2, 0) is 6.42 Å². The first-order valence-electron chi connectivity index (χ1n) is 11.2. The number of fused-ring (bicyclic) bond motifs is 2. The Bertz CT molecular complexity index is 1160. The van der Waals surface area contributed by atoms with Gasteiger partial charge in [0.15, 0.2) is 0 Å². The predicted octanol–water partition coefficient (Wildman–Crippen LogP) is 3.70. The second kappa shape index (κ2) is 9.14. The van der Waals surface area contributed by atoms with Crippen molar-refractivity contribution in [3.8, 4) is 6.07 Å². The summed E-state index contributed by atoms with van der Waals surface area (Å²) >= 11 is 3.48. The Labute approximate surface area is 197 Å². The third-order valence-corrected chi connectivity index (χ3v) is 7.20. The summed E-state index contributed by atoms with van der Waals surface area (Å²) in [5.41, 5.74) is 3.77. The van der Waals surface area contributed by atoms with Crippen LogP contribution in [0.2, 0.25) is 0 Å². The Morgan fingerprint density at radius 2 is 2.00 bits per heavy atom. The van der Waals surface area contributed by atoms with Crippen LogP contribution in [0.3, 0.4) is 0 Å². The van der Waals surface area contributed by atoms with E-state index in [0.717, 1.165) is 66.9 Å². The van der Waals surface area contributed by atoms with Gasteiger partial charge in [-0.2, -0.15) is 5.26 Å². The van der Waals surface area contributed by atoms with Crippen molar-refractivity contribution in [3.63, 3.8) is 0 Å². The molecule has 0 spiro atoms. The maximum absolute atomic E-state index is 9.49. The fourth-order valence-corrected chi connectivity index (χ4v) is 5.60. The fraction of sp³-hybridized carbons (Fsp3) is 0.400. The molecule has 2 saturated heterocycles. The number of pyridine rings is 2. The number of anilines is 1. The molecule has 4 heterocycles. The van der Waals surface area contributed by atoms with Crippen LogP contribution in [-0.4, -0.2) is 71.1 Å². The smallest absolute Gasteiger partial charge is 0.106 e. The first-order chi connectivity index (χ1) is 15.6. The Balaban J connectivity index is 1.32. The summed E-state index contributed by atoms with van der Waals surface area (Å²) in [5.74, 6) is 0. The molecule has 3 aromatic rings. The molecule has 2 atom stereocenters. The number of aromatic nitrogens is 2. The van der Waals surface area contributed by atoms with E-state index in [1.165, 1.54) is 5.69 Å². The van der Waals surface area contributed by atoms with Crippen LogP contribution in [0.15, 0.2) is 53.3 Å². The molecule has 164 valence electrons. The van der Waals surface area contributed by atoms with Crippen LogP contribution >= 0.6 is 15.9 Å². The zero-order chi connectivity index (χ0) is 22.1. The molecule has 0 N–H and O–H groups in total. The van der Waals surface area contributed by atoms with Crippen LogP contribution in [0.5, 0.6) is 0 Å². The lowest BCUT2D eigenvalue weighted by atomic mass is 10.0. The van der Waals surface area contributed by atoms with Crippen LogP contribution in [0.25, 0.3) is 10.9 Å². The molecule has 2 aromatic heterocycles. The number of halogens is 1. The summed E-state index contributed by atoms with van der Waals surface area (Å²) in [6, 6.07) is 17.5. The molecule has 0 amide bonds. The van der Waals surface area contributed by atoms with Crippen molar-refractivity contribution in [2.45, 2.75) is 25.4 Å². The lowest BCUT2D eigenvalue weighted by molar-refractivity contribution is 0.0355. The van der Waals surface area contributed by atoms with Gasteiger partial charge in [-0.25, -0.2) is 4.98 Å². The van der Waals surface area contributed by atoms with Crippen molar-refractivity contribution in [2.24, 2.45) is 0 Å². The molecule has 7 heteroatoms. The van der Waals surface area contributed by atoms with Crippen molar-refractivity contribution >= 4 is 32.5 Å². The summed E-state index contributed by atoms with van der Waals surface area (Å²) in [4.78, 5) is 16.8. The molecular formula is C25H27BrN6. The molecule has 6 nitrogen and oxygen atoms in total. The van der Waals surface area contributed by atoms with Gasteiger partial charge in [-0.3, -0.25) is 9.88 Å². The van der Waals surface area contributed by atoms with Gasteiger partial charge in [0.25, 0.3) is 0 Å². The van der Waals surface area contributed by atoms with Crippen molar-refractivity contribution in [3.05, 3.63) is 64.5 Å². The Kier molecular flexibility index (Phi) is 6.09. The number of hydrogen-bond acceptors (Lipinski definition) is 6. The largest absolute Gasteiger partial charge is 0.368 e. The van der Waals surface area contributed by atoms with E-state index in [2.05, 4.69) is 77.9 Å². The Hall–Kier alpha value is -2.53. The molecule has 2 fully saturated rings. The Morgan fingerprint density at radius 1 is 1.09 bits per heavy atom. The van der Waals surface area contributed by atoms with E-state index in [9.17, 15) is 5.26 Å². The predicted molar refractivity (Wildman–Crippen MR) is 131 cm³/mol. The normalized spacial score (nSPS) is 22.0. The highest BCUT2D eigenvalue weighted by Gasteiger charge is 2.36. The van der Waals surface area contributed by atoms with Crippen molar-refractivity contribution < 1.29 is 0 Å². The third kappa shape index (κ3) is 4.23. The Morgan fingerprint density at radius 3 is 2.84 bits per heavy atom. The molecule has 0 bridgehead atoms. The average Bonchev–Trinajstić information content (AvgIpc) is 2.82. The van der Waals surface area contributed by atoms with Gasteiger partial charge in [-0.1, -0.05) is 6.07 Å². The second-order valence-electron chi connectivity index (χ2n) is 8.79. The first-order valence-corrected chi connectivity index (χ1v) is 12.0. The summed E-state index contributed by atoms with van der Waals surface area (Å²) in [6.45, 7) is 8.65. The van der Waals surface area contributed by atoms with E-state index in [1.807, 2.05) is 18.2 Å². The molecule has 1 aromatic carbocycles. The van der Waals surface area contributed by atoms with Crippen LogP contribution in [0, 0.1) is 11.3 Å². The second-order valence-corrected chi connectivity index (χ2v) is 9.60. The number of hydrogen-bond donors (Lipinski definition) is 0. The highest BCUT2D eigenvalue weighted by atomic mass is 79.9. The lowest BCUT2D eigenvalue weighted by Gasteiger charge is -2.51. The minimum atomic E-state index is 0.491. The molecule has 0 radical (unpaired) electrons. The summed E-state index contributed by atoms with van der Waals surface area (Å²) in [5, 5.41) is 10.6. The highest BCUT2D eigenvalue weighted by molar-refractivity contribution is 9.10. The van der Waals surface area contributed by atoms with Crippen molar-refractivity contribution in [2.75, 3.05) is 44.2 Å². The van der Waals surface area contributed by atoms with Gasteiger partial charge in [0.2, 0.25) is 0 Å². The highest BCUT2D eigenvalue weighted by Crippen LogP contribution is 2.31. The molecule has 0 unspecified atom stereocenters. The van der Waals surface area contributed by atoms with Gasteiger partial charge >= 0.3 is 0 Å². The summed E-state index contributed by atoms with van der Waals surface area (Å²) in [7, 11) is 0. The van der Waals surface area contributed by atoms with Gasteiger partial charge in [0.1, 0.15) is 10.7 Å².